The van der Waals surface area contributed by atoms with Crippen molar-refractivity contribution in [1.82, 2.24) is 9.97 Å². The fraction of sp³-hybridized carbons (Fsp3) is 0.286. The van der Waals surface area contributed by atoms with E-state index in [0.29, 0.717) is 11.3 Å². The minimum Gasteiger partial charge on any atom is -0.504 e. The van der Waals surface area contributed by atoms with E-state index in [1.807, 2.05) is 13.8 Å². The molecule has 4 nitrogen and oxygen atoms in total. The van der Waals surface area contributed by atoms with Crippen LogP contribution in [0.1, 0.15) is 25.5 Å². The molecule has 0 bridgehead atoms. The van der Waals surface area contributed by atoms with Crippen LogP contribution in [0.25, 0.3) is 11.3 Å². The smallest absolute Gasteiger partial charge is 0.219 e. The maximum Gasteiger partial charge on any atom is 0.219 e. The molecule has 0 aliphatic heterocycles. The first kappa shape index (κ1) is 14.6. The first-order valence-corrected chi connectivity index (χ1v) is 7.66. The maximum absolute atomic E-state index is 13.0. The minimum absolute atomic E-state index is 0.0421. The Balaban J connectivity index is 2.67. The minimum atomic E-state index is -1.36. The lowest BCUT2D eigenvalue weighted by Crippen LogP contribution is -2.05. The zero-order valence-electron chi connectivity index (χ0n) is 11.4. The highest BCUT2D eigenvalue weighted by Crippen LogP contribution is 2.33. The van der Waals surface area contributed by atoms with Gasteiger partial charge in [0.2, 0.25) is 5.16 Å². The highest BCUT2D eigenvalue weighted by atomic mass is 32.2. The molecule has 20 heavy (non-hydrogen) atoms. The van der Waals surface area contributed by atoms with Gasteiger partial charge in [0.05, 0.1) is 16.5 Å². The van der Waals surface area contributed by atoms with E-state index in [1.54, 1.807) is 0 Å². The van der Waals surface area contributed by atoms with Crippen LogP contribution in [0.3, 0.4) is 0 Å². The van der Waals surface area contributed by atoms with Crippen LogP contribution in [0.5, 0.6) is 5.75 Å². The third-order valence-electron chi connectivity index (χ3n) is 2.81. The summed E-state index contributed by atoms with van der Waals surface area (Å²) < 4.78 is 24.6. The quantitative estimate of drug-likeness (QED) is 0.884. The largest absolute Gasteiger partial charge is 0.504 e. The molecule has 2 aromatic rings. The van der Waals surface area contributed by atoms with E-state index in [2.05, 4.69) is 9.97 Å². The molecule has 0 saturated carbocycles. The van der Waals surface area contributed by atoms with E-state index in [1.165, 1.54) is 30.5 Å². The maximum atomic E-state index is 13.0. The van der Waals surface area contributed by atoms with Crippen molar-refractivity contribution in [3.63, 3.8) is 0 Å². The van der Waals surface area contributed by atoms with Crippen molar-refractivity contribution in [2.45, 2.75) is 24.9 Å². The molecule has 6 heteroatoms. The summed E-state index contributed by atoms with van der Waals surface area (Å²) in [6.07, 6.45) is 1.48. The molecule has 0 aliphatic carbocycles. The molecule has 1 N–H and O–H groups in total. The van der Waals surface area contributed by atoms with Crippen LogP contribution in [-0.4, -0.2) is 25.5 Å². The topological polar surface area (TPSA) is 63.1 Å². The summed E-state index contributed by atoms with van der Waals surface area (Å²) >= 11 is 0. The molecule has 0 saturated heterocycles. The SMILES string of the molecule is CC(C)c1nc(S(C)=O)nc(-c2ccc(F)cc2)c1O. The number of nitrogens with zero attached hydrogens (tertiary/aromatic N) is 2. The number of rotatable bonds is 3. The summed E-state index contributed by atoms with van der Waals surface area (Å²) in [5.41, 5.74) is 1.26. The third-order valence-corrected chi connectivity index (χ3v) is 3.51. The molecule has 1 unspecified atom stereocenters. The van der Waals surface area contributed by atoms with Gasteiger partial charge < -0.3 is 5.11 Å². The molecule has 1 aromatic carbocycles. The van der Waals surface area contributed by atoms with Gasteiger partial charge in [-0.05, 0) is 30.2 Å². The summed E-state index contributed by atoms with van der Waals surface area (Å²) in [6, 6.07) is 5.61. The van der Waals surface area contributed by atoms with Crippen molar-refractivity contribution in [3.8, 4) is 17.0 Å². The van der Waals surface area contributed by atoms with Gasteiger partial charge >= 0.3 is 0 Å². The zero-order valence-corrected chi connectivity index (χ0v) is 12.2. The lowest BCUT2D eigenvalue weighted by molar-refractivity contribution is 0.455. The number of benzene rings is 1. The normalized spacial score (nSPS) is 12.7. The van der Waals surface area contributed by atoms with Gasteiger partial charge in [0.15, 0.2) is 5.75 Å². The summed E-state index contributed by atoms with van der Waals surface area (Å²) in [5.74, 6) is -0.467. The molecule has 0 fully saturated rings. The Labute approximate surface area is 119 Å². The van der Waals surface area contributed by atoms with Crippen LogP contribution in [-0.2, 0) is 10.8 Å². The number of halogens is 1. The van der Waals surface area contributed by atoms with Gasteiger partial charge in [-0.2, -0.15) is 0 Å². The van der Waals surface area contributed by atoms with Crippen molar-refractivity contribution in [3.05, 3.63) is 35.8 Å². The van der Waals surface area contributed by atoms with Crippen molar-refractivity contribution in [1.29, 1.82) is 0 Å². The van der Waals surface area contributed by atoms with Gasteiger partial charge in [0, 0.05) is 11.8 Å². The molecule has 2 rings (SSSR count). The van der Waals surface area contributed by atoms with Gasteiger partial charge in [-0.15, -0.1) is 0 Å². The van der Waals surface area contributed by atoms with Crippen molar-refractivity contribution in [2.75, 3.05) is 6.26 Å². The average molecular weight is 294 g/mol. The van der Waals surface area contributed by atoms with Crippen LogP contribution in [0.15, 0.2) is 29.4 Å². The molecule has 1 aromatic heterocycles. The molecule has 1 heterocycles. The van der Waals surface area contributed by atoms with Gasteiger partial charge in [-0.25, -0.2) is 14.4 Å². The molecule has 106 valence electrons. The molecular formula is C14H15FN2O2S. The lowest BCUT2D eigenvalue weighted by atomic mass is 10.0. The molecule has 0 radical (unpaired) electrons. The highest BCUT2D eigenvalue weighted by molar-refractivity contribution is 7.84. The van der Waals surface area contributed by atoms with E-state index in [9.17, 15) is 13.7 Å². The van der Waals surface area contributed by atoms with E-state index >= 15 is 0 Å². The van der Waals surface area contributed by atoms with Crippen LogP contribution in [0.2, 0.25) is 0 Å². The van der Waals surface area contributed by atoms with Crippen molar-refractivity contribution >= 4 is 10.8 Å². The first-order chi connectivity index (χ1) is 9.40. The highest BCUT2D eigenvalue weighted by Gasteiger charge is 2.18. The average Bonchev–Trinajstić information content (AvgIpc) is 2.39. The van der Waals surface area contributed by atoms with Gasteiger partial charge in [0.25, 0.3) is 0 Å². The van der Waals surface area contributed by atoms with Gasteiger partial charge in [-0.3, -0.25) is 4.21 Å². The van der Waals surface area contributed by atoms with E-state index in [0.717, 1.165) is 0 Å². The number of aromatic hydroxyl groups is 1. The van der Waals surface area contributed by atoms with Gasteiger partial charge in [-0.1, -0.05) is 13.8 Å². The number of hydrogen-bond donors (Lipinski definition) is 1. The second-order valence-corrected chi connectivity index (χ2v) is 5.98. The molecular weight excluding hydrogens is 279 g/mol. The Morgan fingerprint density at radius 3 is 2.30 bits per heavy atom. The van der Waals surface area contributed by atoms with E-state index < -0.39 is 10.8 Å². The van der Waals surface area contributed by atoms with Crippen LogP contribution in [0, 0.1) is 5.82 Å². The van der Waals surface area contributed by atoms with Crippen LogP contribution in [0.4, 0.5) is 4.39 Å². The summed E-state index contributed by atoms with van der Waals surface area (Å²) in [6.45, 7) is 3.75. The molecule has 0 amide bonds. The monoisotopic (exact) mass is 294 g/mol. The van der Waals surface area contributed by atoms with E-state index in [4.69, 9.17) is 0 Å². The van der Waals surface area contributed by atoms with Gasteiger partial charge in [0.1, 0.15) is 11.5 Å². The number of hydrogen-bond acceptors (Lipinski definition) is 4. The standard InChI is InChI=1S/C14H15FN2O2S/c1-8(2)11-13(18)12(17-14(16-11)20(3)19)9-4-6-10(15)7-5-9/h4-8,18H,1-3H3. The number of aromatic nitrogens is 2. The molecule has 1 atom stereocenters. The third kappa shape index (κ3) is 2.85. The summed E-state index contributed by atoms with van der Waals surface area (Å²) in [4.78, 5) is 8.27. The second kappa shape index (κ2) is 5.66. The van der Waals surface area contributed by atoms with Crippen LogP contribution >= 0.6 is 0 Å². The lowest BCUT2D eigenvalue weighted by Gasteiger charge is -2.12. The van der Waals surface area contributed by atoms with Crippen LogP contribution < -0.4 is 0 Å². The first-order valence-electron chi connectivity index (χ1n) is 6.10. The fourth-order valence-electron chi connectivity index (χ4n) is 1.79. The Morgan fingerprint density at radius 2 is 1.80 bits per heavy atom. The Bertz CT molecular complexity index is 657. The van der Waals surface area contributed by atoms with Crippen molar-refractivity contribution < 1.29 is 13.7 Å². The Morgan fingerprint density at radius 1 is 1.20 bits per heavy atom. The summed E-state index contributed by atoms with van der Waals surface area (Å²) in [7, 11) is -1.36. The van der Waals surface area contributed by atoms with Crippen molar-refractivity contribution in [2.24, 2.45) is 0 Å². The molecule has 0 aliphatic rings. The Hall–Kier alpha value is -1.82. The predicted molar refractivity (Wildman–Crippen MR) is 75.5 cm³/mol. The Kier molecular flexibility index (Phi) is 4.13. The molecule has 0 spiro atoms. The van der Waals surface area contributed by atoms with E-state index in [-0.39, 0.29) is 28.3 Å². The zero-order chi connectivity index (χ0) is 14.9. The summed E-state index contributed by atoms with van der Waals surface area (Å²) in [5, 5.41) is 10.4. The fourth-order valence-corrected chi connectivity index (χ4v) is 2.24. The predicted octanol–water partition coefficient (Wildman–Crippen LogP) is 2.85. The second-order valence-electron chi connectivity index (χ2n) is 4.70.